The lowest BCUT2D eigenvalue weighted by molar-refractivity contribution is 1.60. The normalized spacial score (nSPS) is 9.54. The zero-order valence-electron chi connectivity index (χ0n) is 7.12. The molecule has 2 aromatic carbocycles. The summed E-state index contributed by atoms with van der Waals surface area (Å²) in [5.41, 5.74) is 1.05. The molecule has 1 N–H and O–H groups in total. The van der Waals surface area contributed by atoms with Crippen molar-refractivity contribution in [3.8, 4) is 0 Å². The highest BCUT2D eigenvalue weighted by Crippen LogP contribution is 2.18. The van der Waals surface area contributed by atoms with Gasteiger partial charge in [0.1, 0.15) is 0 Å². The van der Waals surface area contributed by atoms with Crippen LogP contribution in [0.2, 0.25) is 0 Å². The van der Waals surface area contributed by atoms with E-state index >= 15 is 0 Å². The first kappa shape index (κ1) is 7.78. The van der Waals surface area contributed by atoms with Crippen LogP contribution in [0.5, 0.6) is 0 Å². The smallest absolute Gasteiger partial charge is 0.00686 e. The minimum Gasteiger partial charge on any atom is -0.259 e. The lowest BCUT2D eigenvalue weighted by Crippen LogP contribution is -1.76. The molecule has 0 radical (unpaired) electrons. The second kappa shape index (κ2) is 3.26. The van der Waals surface area contributed by atoms with Crippen LogP contribution in [0.25, 0.3) is 16.8 Å². The summed E-state index contributed by atoms with van der Waals surface area (Å²) >= 11 is 0. The first-order valence-corrected chi connectivity index (χ1v) is 4.15. The molecule has 62 valence electrons. The molecule has 0 aliphatic carbocycles. The van der Waals surface area contributed by atoms with Gasteiger partial charge in [0.15, 0.2) is 0 Å². The molecule has 0 saturated carbocycles. The standard InChI is InChI=1S/C12H9N/c13-9-8-11-6-3-5-10-4-1-2-7-12(10)11/h1-8,13H. The van der Waals surface area contributed by atoms with Gasteiger partial charge in [0.05, 0.1) is 0 Å². The third-order valence-electron chi connectivity index (χ3n) is 2.05. The van der Waals surface area contributed by atoms with Crippen molar-refractivity contribution in [2.45, 2.75) is 0 Å². The molecule has 0 atom stereocenters. The van der Waals surface area contributed by atoms with Crippen molar-refractivity contribution in [3.05, 3.63) is 48.0 Å². The van der Waals surface area contributed by atoms with Crippen LogP contribution in [0.15, 0.2) is 42.5 Å². The summed E-state index contributed by atoms with van der Waals surface area (Å²) in [4.78, 5) is 0. The molecule has 0 aromatic heterocycles. The molecule has 2 rings (SSSR count). The van der Waals surface area contributed by atoms with Crippen LogP contribution in [0, 0.1) is 5.41 Å². The monoisotopic (exact) mass is 167 g/mol. The summed E-state index contributed by atoms with van der Waals surface area (Å²) in [7, 11) is 0. The van der Waals surface area contributed by atoms with Gasteiger partial charge in [-0.1, -0.05) is 42.5 Å². The topological polar surface area (TPSA) is 23.9 Å². The maximum atomic E-state index is 6.91. The van der Waals surface area contributed by atoms with Gasteiger partial charge in [-0.15, -0.1) is 0 Å². The van der Waals surface area contributed by atoms with Crippen LogP contribution in [0.1, 0.15) is 5.56 Å². The summed E-state index contributed by atoms with van der Waals surface area (Å²) < 4.78 is 0. The van der Waals surface area contributed by atoms with E-state index in [0.29, 0.717) is 0 Å². The Bertz CT molecular complexity index is 474. The lowest BCUT2D eigenvalue weighted by atomic mass is 10.1. The number of nitrogens with one attached hydrogen (secondary N) is 1. The van der Waals surface area contributed by atoms with Crippen molar-refractivity contribution in [3.63, 3.8) is 0 Å². The molecule has 0 aliphatic heterocycles. The van der Waals surface area contributed by atoms with E-state index < -0.39 is 0 Å². The van der Waals surface area contributed by atoms with Crippen LogP contribution < -0.4 is 0 Å². The van der Waals surface area contributed by atoms with Crippen LogP contribution in [-0.4, -0.2) is 5.87 Å². The molecule has 0 heterocycles. The van der Waals surface area contributed by atoms with Gasteiger partial charge in [-0.3, -0.25) is 5.41 Å². The van der Waals surface area contributed by atoms with E-state index in [9.17, 15) is 0 Å². The Balaban J connectivity index is 2.82. The molecule has 0 bridgehead atoms. The van der Waals surface area contributed by atoms with Gasteiger partial charge >= 0.3 is 0 Å². The maximum Gasteiger partial charge on any atom is 0.00686 e. The van der Waals surface area contributed by atoms with E-state index in [2.05, 4.69) is 24.1 Å². The minimum absolute atomic E-state index is 1.05. The Morgan fingerprint density at radius 2 is 1.77 bits per heavy atom. The maximum absolute atomic E-state index is 6.91. The van der Waals surface area contributed by atoms with Crippen LogP contribution in [0.4, 0.5) is 0 Å². The van der Waals surface area contributed by atoms with E-state index in [0.717, 1.165) is 5.56 Å². The SMILES string of the molecule is N=C=Cc1cccc2ccccc12. The molecule has 2 aromatic rings. The number of benzene rings is 2. The van der Waals surface area contributed by atoms with Crippen molar-refractivity contribution >= 4 is 22.7 Å². The van der Waals surface area contributed by atoms with Crippen molar-refractivity contribution in [2.24, 2.45) is 0 Å². The van der Waals surface area contributed by atoms with E-state index in [1.165, 1.54) is 10.8 Å². The Labute approximate surface area is 76.8 Å². The Kier molecular flexibility index (Phi) is 1.95. The molecule has 0 saturated heterocycles. The number of rotatable bonds is 1. The average Bonchev–Trinajstić information content (AvgIpc) is 2.19. The zero-order chi connectivity index (χ0) is 9.10. The second-order valence-electron chi connectivity index (χ2n) is 2.86. The van der Waals surface area contributed by atoms with E-state index in [-0.39, 0.29) is 0 Å². The molecule has 0 unspecified atom stereocenters. The van der Waals surface area contributed by atoms with E-state index in [1.807, 2.05) is 24.3 Å². The van der Waals surface area contributed by atoms with Crippen molar-refractivity contribution < 1.29 is 0 Å². The molecule has 0 spiro atoms. The fourth-order valence-electron chi connectivity index (χ4n) is 1.45. The second-order valence-corrected chi connectivity index (χ2v) is 2.86. The summed E-state index contributed by atoms with van der Waals surface area (Å²) in [6, 6.07) is 14.2. The third kappa shape index (κ3) is 1.37. The molecule has 1 heteroatoms. The van der Waals surface area contributed by atoms with Gasteiger partial charge in [0, 0.05) is 6.08 Å². The highest BCUT2D eigenvalue weighted by atomic mass is 14.3. The summed E-state index contributed by atoms with van der Waals surface area (Å²) in [6.07, 6.45) is 1.68. The minimum atomic E-state index is 1.05. The molecule has 0 fully saturated rings. The number of fused-ring (bicyclic) bond motifs is 1. The van der Waals surface area contributed by atoms with Gasteiger partial charge in [0.2, 0.25) is 0 Å². The summed E-state index contributed by atoms with van der Waals surface area (Å²) in [5, 5.41) is 9.28. The zero-order valence-corrected chi connectivity index (χ0v) is 7.12. The van der Waals surface area contributed by atoms with E-state index in [1.54, 1.807) is 6.08 Å². The van der Waals surface area contributed by atoms with E-state index in [4.69, 9.17) is 5.41 Å². The van der Waals surface area contributed by atoms with Crippen LogP contribution >= 0.6 is 0 Å². The largest absolute Gasteiger partial charge is 0.259 e. The lowest BCUT2D eigenvalue weighted by Gasteiger charge is -1.99. The Morgan fingerprint density at radius 1 is 1.00 bits per heavy atom. The number of hydrogen-bond donors (Lipinski definition) is 1. The first-order valence-electron chi connectivity index (χ1n) is 4.15. The summed E-state index contributed by atoms with van der Waals surface area (Å²) in [6.45, 7) is 0. The average molecular weight is 167 g/mol. The molecule has 13 heavy (non-hydrogen) atoms. The van der Waals surface area contributed by atoms with Crippen molar-refractivity contribution in [1.82, 2.24) is 0 Å². The van der Waals surface area contributed by atoms with Gasteiger partial charge in [-0.25, -0.2) is 0 Å². The molecular formula is C12H9N. The highest BCUT2D eigenvalue weighted by molar-refractivity contribution is 5.94. The third-order valence-corrected chi connectivity index (χ3v) is 2.05. The summed E-state index contributed by atoms with van der Waals surface area (Å²) in [5.74, 6) is 2.30. The fraction of sp³-hybridized carbons (Fsp3) is 0. The first-order chi connectivity index (χ1) is 6.42. The van der Waals surface area contributed by atoms with Crippen LogP contribution in [0.3, 0.4) is 0 Å². The van der Waals surface area contributed by atoms with Gasteiger partial charge in [0.25, 0.3) is 0 Å². The fourth-order valence-corrected chi connectivity index (χ4v) is 1.45. The van der Waals surface area contributed by atoms with Gasteiger partial charge < -0.3 is 0 Å². The Hall–Kier alpha value is -1.85. The number of hydrogen-bond acceptors (Lipinski definition) is 1. The van der Waals surface area contributed by atoms with Gasteiger partial charge in [-0.05, 0) is 22.2 Å². The van der Waals surface area contributed by atoms with Crippen molar-refractivity contribution in [2.75, 3.05) is 0 Å². The quantitative estimate of drug-likeness (QED) is 0.631. The predicted molar refractivity (Wildman–Crippen MR) is 56.1 cm³/mol. The molecular weight excluding hydrogens is 158 g/mol. The highest BCUT2D eigenvalue weighted by Gasteiger charge is 1.94. The molecule has 0 amide bonds. The van der Waals surface area contributed by atoms with Crippen LogP contribution in [-0.2, 0) is 0 Å². The molecule has 0 aliphatic rings. The van der Waals surface area contributed by atoms with Gasteiger partial charge in [-0.2, -0.15) is 0 Å². The molecule has 1 nitrogen and oxygen atoms in total. The Morgan fingerprint density at radius 3 is 2.62 bits per heavy atom. The predicted octanol–water partition coefficient (Wildman–Crippen LogP) is 3.10. The van der Waals surface area contributed by atoms with Crippen molar-refractivity contribution in [1.29, 1.82) is 5.41 Å².